The largest absolute Gasteiger partial charge is 1.00 e. The van der Waals surface area contributed by atoms with Gasteiger partial charge >= 0.3 is 54.1 Å². The molecule has 6 rings (SSSR count). The Morgan fingerprint density at radius 3 is 1.66 bits per heavy atom. The van der Waals surface area contributed by atoms with Crippen molar-refractivity contribution < 1.29 is 49.0 Å². The molecule has 0 saturated carbocycles. The summed E-state index contributed by atoms with van der Waals surface area (Å²) in [6.45, 7) is 13.7. The molecule has 3 heteroatoms. The van der Waals surface area contributed by atoms with Crippen molar-refractivity contribution in [2.24, 2.45) is 0 Å². The van der Waals surface area contributed by atoms with Crippen LogP contribution in [0.3, 0.4) is 0 Å². The van der Waals surface area contributed by atoms with Gasteiger partial charge in [0.05, 0.1) is 0 Å². The van der Waals surface area contributed by atoms with Crippen molar-refractivity contribution >= 4 is 3.21 Å². The molecule has 0 spiro atoms. The van der Waals surface area contributed by atoms with Crippen LogP contribution < -0.4 is 24.8 Å². The molecular weight excluding hydrogens is 655 g/mol. The van der Waals surface area contributed by atoms with Crippen LogP contribution in [0.2, 0.25) is 0 Å². The molecule has 5 aromatic carbocycles. The van der Waals surface area contributed by atoms with Gasteiger partial charge in [-0.2, -0.15) is 42.0 Å². The van der Waals surface area contributed by atoms with E-state index in [0.29, 0.717) is 0 Å². The molecule has 0 atom stereocenters. The fraction of sp³-hybridized carbons (Fsp3) is 0.268. The zero-order chi connectivity index (χ0) is 30.2. The number of benzene rings is 4. The maximum absolute atomic E-state index is 3.80. The van der Waals surface area contributed by atoms with Crippen LogP contribution >= 0.6 is 0 Å². The van der Waals surface area contributed by atoms with E-state index >= 15 is 0 Å². The first-order valence-corrected chi connectivity index (χ1v) is 16.4. The van der Waals surface area contributed by atoms with Crippen LogP contribution in [0, 0.1) is 6.07 Å². The Morgan fingerprint density at radius 2 is 1.18 bits per heavy atom. The van der Waals surface area contributed by atoms with Gasteiger partial charge in [-0.15, -0.1) is 11.1 Å². The molecule has 0 unspecified atom stereocenters. The first kappa shape index (κ1) is 37.7. The summed E-state index contributed by atoms with van der Waals surface area (Å²) in [4.78, 5) is 0. The van der Waals surface area contributed by atoms with E-state index in [1.165, 1.54) is 57.3 Å². The van der Waals surface area contributed by atoms with E-state index < -0.39 is 0 Å². The van der Waals surface area contributed by atoms with E-state index in [4.69, 9.17) is 0 Å². The Hall–Kier alpha value is -2.44. The molecule has 0 heterocycles. The fourth-order valence-corrected chi connectivity index (χ4v) is 5.48. The quantitative estimate of drug-likeness (QED) is 0.223. The standard InChI is InChI=1S/C31H29.C5H5.C5H10.2ClH.Zr/c1-30(2,24-11-7-5-8-12-24)26-15-17-28-22(20-26)19-23-21-27(16-18-29(23)28)31(3,4)25-13-9-6-10-14-25;1-2-4-5-3-1;1-3-5-4-2;;;/h5-18,20H,19H2,1-4H3;1-5H;3-4H2,1-2H3;2*1H;/q2*-1;;;;+2/p-2. The molecule has 0 nitrogen and oxygen atoms in total. The third-order valence-corrected chi connectivity index (χ3v) is 10.3. The van der Waals surface area contributed by atoms with E-state index in [2.05, 4.69) is 139 Å². The molecule has 228 valence electrons. The molecule has 0 radical (unpaired) electrons. The van der Waals surface area contributed by atoms with Gasteiger partial charge in [-0.1, -0.05) is 112 Å². The summed E-state index contributed by atoms with van der Waals surface area (Å²) in [7, 11) is 0. The summed E-state index contributed by atoms with van der Waals surface area (Å²) in [6, 6.07) is 47.0. The fourth-order valence-electron chi connectivity index (χ4n) is 5.48. The van der Waals surface area contributed by atoms with E-state index in [0.717, 1.165) is 6.42 Å². The maximum atomic E-state index is 3.80. The molecule has 0 aromatic heterocycles. The number of fused-ring (bicyclic) bond motifs is 3. The van der Waals surface area contributed by atoms with Crippen LogP contribution in [0.5, 0.6) is 0 Å². The molecule has 44 heavy (non-hydrogen) atoms. The summed E-state index contributed by atoms with van der Waals surface area (Å²) < 4.78 is 1.68. The molecule has 0 N–H and O–H groups in total. The smallest absolute Gasteiger partial charge is 0.172 e. The molecule has 0 aliphatic heterocycles. The average Bonchev–Trinajstić information content (AvgIpc) is 3.73. The molecular formula is C41H44Cl2Zr-2. The first-order valence-electron chi connectivity index (χ1n) is 15.2. The van der Waals surface area contributed by atoms with Gasteiger partial charge in [0.25, 0.3) is 0 Å². The van der Waals surface area contributed by atoms with Crippen molar-refractivity contribution in [3.63, 3.8) is 0 Å². The minimum absolute atomic E-state index is 0. The van der Waals surface area contributed by atoms with Gasteiger partial charge in [0.2, 0.25) is 0 Å². The Bertz CT molecular complexity index is 1440. The van der Waals surface area contributed by atoms with Crippen molar-refractivity contribution in [1.29, 1.82) is 0 Å². The summed E-state index contributed by atoms with van der Waals surface area (Å²) in [5.41, 5.74) is 10.7. The Balaban J connectivity index is 0.000000443. The van der Waals surface area contributed by atoms with Crippen molar-refractivity contribution in [1.82, 2.24) is 0 Å². The molecule has 1 aliphatic carbocycles. The number of hydrogen-bond acceptors (Lipinski definition) is 0. The predicted octanol–water partition coefficient (Wildman–Crippen LogP) is 4.65. The first-order chi connectivity index (χ1) is 20.2. The molecule has 0 bridgehead atoms. The molecule has 5 aromatic rings. The Kier molecular flexibility index (Phi) is 14.9. The van der Waals surface area contributed by atoms with Crippen LogP contribution in [-0.2, 0) is 41.5 Å². The van der Waals surface area contributed by atoms with Gasteiger partial charge in [0.1, 0.15) is 0 Å². The SMILES string of the molecule is CC(C)(c1[c-]c2c(cc1)-c1ccc(C(C)(C)c3ccccc3)cc1C2)c1ccccc1.CC[C](=[Zr+2])CC.[Cl-].[Cl-].c1cc[cH-]c1. The number of rotatable bonds is 6. The summed E-state index contributed by atoms with van der Waals surface area (Å²) in [6.07, 6.45) is 3.53. The number of hydrogen-bond donors (Lipinski definition) is 0. The van der Waals surface area contributed by atoms with Gasteiger partial charge < -0.3 is 24.8 Å². The predicted molar refractivity (Wildman–Crippen MR) is 178 cm³/mol. The second kappa shape index (κ2) is 17.3. The molecule has 0 saturated heterocycles. The van der Waals surface area contributed by atoms with E-state index in [1.807, 2.05) is 30.3 Å². The average molecular weight is 699 g/mol. The summed E-state index contributed by atoms with van der Waals surface area (Å²) in [5.74, 6) is 0. The van der Waals surface area contributed by atoms with Gasteiger partial charge in [0.15, 0.2) is 0 Å². The van der Waals surface area contributed by atoms with Crippen molar-refractivity contribution in [2.45, 2.75) is 71.6 Å². The van der Waals surface area contributed by atoms with E-state index in [-0.39, 0.29) is 35.6 Å². The minimum atomic E-state index is -0.0640. The zero-order valence-corrected chi connectivity index (χ0v) is 30.9. The summed E-state index contributed by atoms with van der Waals surface area (Å²) >= 11 is 1.62. The second-order valence-electron chi connectivity index (χ2n) is 12.1. The Labute approximate surface area is 293 Å². The maximum Gasteiger partial charge on any atom is -0.172 e. The van der Waals surface area contributed by atoms with Crippen LogP contribution in [0.4, 0.5) is 0 Å². The van der Waals surface area contributed by atoms with Crippen molar-refractivity contribution in [3.8, 4) is 11.1 Å². The topological polar surface area (TPSA) is 0 Å². The Morgan fingerprint density at radius 1 is 0.659 bits per heavy atom. The van der Waals surface area contributed by atoms with Gasteiger partial charge in [-0.05, 0) is 34.1 Å². The van der Waals surface area contributed by atoms with Gasteiger partial charge in [-0.3, -0.25) is 0 Å². The van der Waals surface area contributed by atoms with E-state index in [9.17, 15) is 0 Å². The van der Waals surface area contributed by atoms with Crippen LogP contribution in [0.25, 0.3) is 11.1 Å². The third-order valence-electron chi connectivity index (χ3n) is 8.59. The molecule has 0 amide bonds. The van der Waals surface area contributed by atoms with E-state index in [1.54, 1.807) is 27.4 Å². The van der Waals surface area contributed by atoms with Gasteiger partial charge in [-0.25, -0.2) is 12.1 Å². The molecule has 0 fully saturated rings. The van der Waals surface area contributed by atoms with Crippen molar-refractivity contribution in [2.75, 3.05) is 0 Å². The molecule has 1 aliphatic rings. The normalized spacial score (nSPS) is 11.3. The van der Waals surface area contributed by atoms with Crippen LogP contribution in [0.1, 0.15) is 87.8 Å². The summed E-state index contributed by atoms with van der Waals surface area (Å²) in [5, 5.41) is 0. The zero-order valence-electron chi connectivity index (χ0n) is 26.9. The second-order valence-corrected chi connectivity index (χ2v) is 13.8. The monoisotopic (exact) mass is 696 g/mol. The van der Waals surface area contributed by atoms with Crippen LogP contribution in [-0.4, -0.2) is 3.21 Å². The third kappa shape index (κ3) is 9.06. The van der Waals surface area contributed by atoms with Crippen molar-refractivity contribution in [3.05, 3.63) is 161 Å². The van der Waals surface area contributed by atoms with Crippen LogP contribution in [0.15, 0.2) is 121 Å². The minimum Gasteiger partial charge on any atom is -1.00 e. The number of halogens is 2. The van der Waals surface area contributed by atoms with Gasteiger partial charge in [0, 0.05) is 5.41 Å².